The molecule has 4 nitrogen and oxygen atoms in total. The largest absolute Gasteiger partial charge is 0.345 e. The van der Waals surface area contributed by atoms with Crippen molar-refractivity contribution in [3.8, 4) is 0 Å². The maximum atomic E-state index is 11.9. The van der Waals surface area contributed by atoms with Gasteiger partial charge in [0.25, 0.3) is 0 Å². The molecule has 1 saturated heterocycles. The molecule has 18 heavy (non-hydrogen) atoms. The van der Waals surface area contributed by atoms with E-state index >= 15 is 0 Å². The van der Waals surface area contributed by atoms with Gasteiger partial charge in [-0.1, -0.05) is 6.92 Å². The smallest absolute Gasteiger partial charge is 0.236 e. The van der Waals surface area contributed by atoms with Gasteiger partial charge in [0.1, 0.15) is 0 Å². The lowest BCUT2D eigenvalue weighted by molar-refractivity contribution is -0.131. The highest BCUT2D eigenvalue weighted by molar-refractivity contribution is 5.77. The Hall–Kier alpha value is -0.610. The predicted octanol–water partition coefficient (Wildman–Crippen LogP) is 1.18. The molecule has 1 amide bonds. The van der Waals surface area contributed by atoms with Gasteiger partial charge in [-0.05, 0) is 51.7 Å². The third-order valence-corrected chi connectivity index (χ3v) is 3.72. The van der Waals surface area contributed by atoms with Gasteiger partial charge in [-0.25, -0.2) is 0 Å². The van der Waals surface area contributed by atoms with Crippen molar-refractivity contribution < 1.29 is 4.79 Å². The van der Waals surface area contributed by atoms with Crippen LogP contribution in [0.15, 0.2) is 0 Å². The van der Waals surface area contributed by atoms with E-state index in [9.17, 15) is 4.79 Å². The van der Waals surface area contributed by atoms with Gasteiger partial charge in [0.05, 0.1) is 6.54 Å². The third-order valence-electron chi connectivity index (χ3n) is 3.72. The van der Waals surface area contributed by atoms with Crippen molar-refractivity contribution in [1.82, 2.24) is 15.1 Å². The Morgan fingerprint density at radius 3 is 2.89 bits per heavy atom. The average molecular weight is 255 g/mol. The highest BCUT2D eigenvalue weighted by Gasteiger charge is 2.21. The summed E-state index contributed by atoms with van der Waals surface area (Å²) in [7, 11) is 1.88. The Morgan fingerprint density at radius 1 is 1.44 bits per heavy atom. The number of nitrogens with one attached hydrogen (secondary N) is 1. The van der Waals surface area contributed by atoms with Crippen LogP contribution in [-0.2, 0) is 4.79 Å². The molecule has 0 aromatic carbocycles. The van der Waals surface area contributed by atoms with E-state index in [2.05, 4.69) is 17.1 Å². The van der Waals surface area contributed by atoms with Gasteiger partial charge < -0.3 is 10.2 Å². The first-order valence-corrected chi connectivity index (χ1v) is 7.34. The number of amides is 1. The molecular formula is C14H29N3O. The van der Waals surface area contributed by atoms with Crippen LogP contribution in [0.25, 0.3) is 0 Å². The van der Waals surface area contributed by atoms with E-state index in [1.807, 2.05) is 14.0 Å². The van der Waals surface area contributed by atoms with Crippen LogP contribution in [-0.4, -0.2) is 62.0 Å². The quantitative estimate of drug-likeness (QED) is 0.694. The summed E-state index contributed by atoms with van der Waals surface area (Å²) in [5.41, 5.74) is 0. The molecule has 1 aliphatic rings. The normalized spacial score (nSPS) is 20.9. The van der Waals surface area contributed by atoms with E-state index < -0.39 is 0 Å². The lowest BCUT2D eigenvalue weighted by atomic mass is 9.98. The number of nitrogens with zero attached hydrogens (tertiary/aromatic N) is 2. The molecule has 1 unspecified atom stereocenters. The molecule has 4 heteroatoms. The molecule has 0 bridgehead atoms. The minimum absolute atomic E-state index is 0.250. The van der Waals surface area contributed by atoms with Crippen LogP contribution in [0.2, 0.25) is 0 Å². The number of likely N-dealkylation sites (N-methyl/N-ethyl adjacent to an activating group) is 1. The predicted molar refractivity (Wildman–Crippen MR) is 75.6 cm³/mol. The van der Waals surface area contributed by atoms with Gasteiger partial charge in [0, 0.05) is 20.1 Å². The van der Waals surface area contributed by atoms with Gasteiger partial charge in [-0.3, -0.25) is 9.69 Å². The summed E-state index contributed by atoms with van der Waals surface area (Å²) >= 11 is 0. The van der Waals surface area contributed by atoms with E-state index in [-0.39, 0.29) is 5.91 Å². The first-order chi connectivity index (χ1) is 8.67. The first kappa shape index (κ1) is 15.4. The number of carbonyl (C=O) groups excluding carboxylic acids is 1. The van der Waals surface area contributed by atoms with Gasteiger partial charge >= 0.3 is 0 Å². The molecule has 0 spiro atoms. The fourth-order valence-corrected chi connectivity index (χ4v) is 2.43. The lowest BCUT2D eigenvalue weighted by Gasteiger charge is -2.33. The molecule has 1 atom stereocenters. The van der Waals surface area contributed by atoms with Crippen molar-refractivity contribution >= 4 is 5.91 Å². The lowest BCUT2D eigenvalue weighted by Crippen LogP contribution is -2.45. The van der Waals surface area contributed by atoms with E-state index in [0.29, 0.717) is 12.5 Å². The Kier molecular flexibility index (Phi) is 7.28. The van der Waals surface area contributed by atoms with Crippen molar-refractivity contribution in [3.05, 3.63) is 0 Å². The van der Waals surface area contributed by atoms with Crippen LogP contribution in [0.3, 0.4) is 0 Å². The topological polar surface area (TPSA) is 35.6 Å². The maximum Gasteiger partial charge on any atom is 0.236 e. The molecule has 0 aliphatic carbocycles. The molecule has 1 heterocycles. The van der Waals surface area contributed by atoms with Gasteiger partial charge in [-0.15, -0.1) is 0 Å². The van der Waals surface area contributed by atoms with E-state index in [1.165, 1.54) is 19.3 Å². The molecule has 1 fully saturated rings. The highest BCUT2D eigenvalue weighted by Crippen LogP contribution is 2.15. The van der Waals surface area contributed by atoms with E-state index in [0.717, 1.165) is 32.7 Å². The van der Waals surface area contributed by atoms with E-state index in [4.69, 9.17) is 0 Å². The van der Waals surface area contributed by atoms with Crippen molar-refractivity contribution in [2.45, 2.75) is 33.1 Å². The maximum absolute atomic E-state index is 11.9. The first-order valence-electron chi connectivity index (χ1n) is 7.34. The molecule has 0 aromatic heterocycles. The van der Waals surface area contributed by atoms with Crippen molar-refractivity contribution in [1.29, 1.82) is 0 Å². The van der Waals surface area contributed by atoms with Crippen LogP contribution < -0.4 is 5.32 Å². The number of carbonyl (C=O) groups is 1. The summed E-state index contributed by atoms with van der Waals surface area (Å²) in [4.78, 5) is 16.0. The fourth-order valence-electron chi connectivity index (χ4n) is 2.43. The number of hydrogen-bond acceptors (Lipinski definition) is 3. The van der Waals surface area contributed by atoms with Crippen LogP contribution >= 0.6 is 0 Å². The second-order valence-electron chi connectivity index (χ2n) is 5.36. The minimum atomic E-state index is 0.250. The zero-order valence-corrected chi connectivity index (χ0v) is 12.2. The monoisotopic (exact) mass is 255 g/mol. The SMILES string of the molecule is CCCNCC1CCCN(CC(=O)N(C)CC)C1. The molecule has 0 aromatic rings. The van der Waals surface area contributed by atoms with Gasteiger partial charge in [-0.2, -0.15) is 0 Å². The number of hydrogen-bond donors (Lipinski definition) is 1. The average Bonchev–Trinajstić information content (AvgIpc) is 2.38. The van der Waals surface area contributed by atoms with Gasteiger partial charge in [0.15, 0.2) is 0 Å². The molecule has 0 radical (unpaired) electrons. The summed E-state index contributed by atoms with van der Waals surface area (Å²) in [6.45, 7) is 9.96. The molecule has 106 valence electrons. The second-order valence-corrected chi connectivity index (χ2v) is 5.36. The molecule has 1 rings (SSSR count). The Bertz CT molecular complexity index is 245. The number of likely N-dealkylation sites (tertiary alicyclic amines) is 1. The summed E-state index contributed by atoms with van der Waals surface area (Å²) in [6.07, 6.45) is 3.71. The standard InChI is InChI=1S/C14H29N3O/c1-4-8-15-10-13-7-6-9-17(11-13)12-14(18)16(3)5-2/h13,15H,4-12H2,1-3H3. The zero-order chi connectivity index (χ0) is 13.4. The second kappa shape index (κ2) is 8.48. The van der Waals surface area contributed by atoms with Gasteiger partial charge in [0.2, 0.25) is 5.91 Å². The van der Waals surface area contributed by atoms with Crippen LogP contribution in [0, 0.1) is 5.92 Å². The van der Waals surface area contributed by atoms with Crippen LogP contribution in [0.5, 0.6) is 0 Å². The van der Waals surface area contributed by atoms with Crippen LogP contribution in [0.4, 0.5) is 0 Å². The van der Waals surface area contributed by atoms with Crippen molar-refractivity contribution in [2.24, 2.45) is 5.92 Å². The minimum Gasteiger partial charge on any atom is -0.345 e. The Balaban J connectivity index is 2.28. The summed E-state index contributed by atoms with van der Waals surface area (Å²) < 4.78 is 0. The molecular weight excluding hydrogens is 226 g/mol. The third kappa shape index (κ3) is 5.36. The Labute approximate surface area is 112 Å². The zero-order valence-electron chi connectivity index (χ0n) is 12.2. The summed E-state index contributed by atoms with van der Waals surface area (Å²) in [5, 5.41) is 3.49. The van der Waals surface area contributed by atoms with Crippen molar-refractivity contribution in [2.75, 3.05) is 46.3 Å². The molecule has 1 N–H and O–H groups in total. The molecule has 1 aliphatic heterocycles. The molecule has 0 saturated carbocycles. The van der Waals surface area contributed by atoms with Crippen molar-refractivity contribution in [3.63, 3.8) is 0 Å². The number of rotatable bonds is 7. The fraction of sp³-hybridized carbons (Fsp3) is 0.929. The number of piperidine rings is 1. The van der Waals surface area contributed by atoms with Crippen LogP contribution in [0.1, 0.15) is 33.1 Å². The van der Waals surface area contributed by atoms with E-state index in [1.54, 1.807) is 4.90 Å². The summed E-state index contributed by atoms with van der Waals surface area (Å²) in [5.74, 6) is 0.963. The summed E-state index contributed by atoms with van der Waals surface area (Å²) in [6, 6.07) is 0. The Morgan fingerprint density at radius 2 is 2.22 bits per heavy atom. The highest BCUT2D eigenvalue weighted by atomic mass is 16.2.